The van der Waals surface area contributed by atoms with Crippen LogP contribution in [0.5, 0.6) is 0 Å². The van der Waals surface area contributed by atoms with Crippen LogP contribution in [0.2, 0.25) is 0 Å². The summed E-state index contributed by atoms with van der Waals surface area (Å²) in [5, 5.41) is 15.9. The number of fused-ring (bicyclic) bond motifs is 2. The third-order valence-corrected chi connectivity index (χ3v) is 6.67. The highest BCUT2D eigenvalue weighted by Gasteiger charge is 2.59. The fourth-order valence-corrected chi connectivity index (χ4v) is 5.14. The van der Waals surface area contributed by atoms with Crippen LogP contribution < -0.4 is 10.6 Å². The Kier molecular flexibility index (Phi) is 5.39. The molecule has 0 aromatic carbocycles. The van der Waals surface area contributed by atoms with Gasteiger partial charge in [0.15, 0.2) is 5.96 Å². The third kappa shape index (κ3) is 3.58. The lowest BCUT2D eigenvalue weighted by molar-refractivity contribution is -0.106. The van der Waals surface area contributed by atoms with Crippen molar-refractivity contribution in [2.45, 2.75) is 77.5 Å². The van der Waals surface area contributed by atoms with Crippen LogP contribution in [-0.4, -0.2) is 53.1 Å². The lowest BCUT2D eigenvalue weighted by Crippen LogP contribution is -2.67. The molecule has 0 spiro atoms. The Labute approximate surface area is 162 Å². The molecule has 1 aromatic rings. The van der Waals surface area contributed by atoms with E-state index >= 15 is 0 Å². The summed E-state index contributed by atoms with van der Waals surface area (Å²) in [4.78, 5) is 4.43. The second-order valence-electron chi connectivity index (χ2n) is 8.78. The maximum Gasteiger partial charge on any atom is 0.191 e. The average molecular weight is 375 g/mol. The van der Waals surface area contributed by atoms with Gasteiger partial charge in [0.05, 0.1) is 6.10 Å². The second-order valence-corrected chi connectivity index (χ2v) is 8.78. The number of hydrogen-bond donors (Lipinski definition) is 2. The molecule has 1 saturated heterocycles. The molecule has 1 aromatic heterocycles. The minimum Gasteiger partial charge on any atom is -0.377 e. The largest absolute Gasteiger partial charge is 0.377 e. The van der Waals surface area contributed by atoms with Crippen molar-refractivity contribution in [2.24, 2.45) is 16.3 Å². The minimum absolute atomic E-state index is 0.165. The fraction of sp³-hybridized carbons (Fsp3) is 0.850. The molecule has 3 aliphatic rings. The van der Waals surface area contributed by atoms with Crippen LogP contribution in [0.4, 0.5) is 0 Å². The Morgan fingerprint density at radius 3 is 3.04 bits per heavy atom. The zero-order chi connectivity index (χ0) is 18.9. The molecule has 0 bridgehead atoms. The van der Waals surface area contributed by atoms with Gasteiger partial charge < -0.3 is 19.9 Å². The summed E-state index contributed by atoms with van der Waals surface area (Å²) in [5.41, 5.74) is 0.165. The average Bonchev–Trinajstić information content (AvgIpc) is 3.20. The molecule has 1 saturated carbocycles. The van der Waals surface area contributed by atoms with Gasteiger partial charge >= 0.3 is 0 Å². The maximum atomic E-state index is 5.89. The summed E-state index contributed by atoms with van der Waals surface area (Å²) in [7, 11) is 1.85. The lowest BCUT2D eigenvalue weighted by atomic mass is 9.57. The molecule has 150 valence electrons. The number of nitrogens with zero attached hydrogens (tertiary/aromatic N) is 4. The number of aryl methyl sites for hydroxylation is 2. The molecule has 7 nitrogen and oxygen atoms in total. The molecule has 2 aliphatic heterocycles. The van der Waals surface area contributed by atoms with E-state index in [1.807, 2.05) is 7.05 Å². The van der Waals surface area contributed by atoms with Gasteiger partial charge in [0.1, 0.15) is 11.6 Å². The highest BCUT2D eigenvalue weighted by molar-refractivity contribution is 5.80. The molecule has 4 rings (SSSR count). The summed E-state index contributed by atoms with van der Waals surface area (Å²) >= 11 is 0. The SMILES string of the molecule is CN=C(NCCCc1nnc2n1CCCCC2)NC1C2CCOC2C1(C)C. The van der Waals surface area contributed by atoms with Crippen LogP contribution in [0.15, 0.2) is 4.99 Å². The first-order chi connectivity index (χ1) is 13.1. The van der Waals surface area contributed by atoms with Crippen molar-refractivity contribution in [3.8, 4) is 0 Å². The van der Waals surface area contributed by atoms with E-state index in [9.17, 15) is 0 Å². The number of rotatable bonds is 5. The number of aliphatic imine (C=N–C) groups is 1. The van der Waals surface area contributed by atoms with Gasteiger partial charge in [-0.1, -0.05) is 20.3 Å². The maximum absolute atomic E-state index is 5.89. The number of ether oxygens (including phenoxy) is 1. The van der Waals surface area contributed by atoms with Gasteiger partial charge in [0, 0.05) is 57.0 Å². The lowest BCUT2D eigenvalue weighted by Gasteiger charge is -2.54. The van der Waals surface area contributed by atoms with E-state index < -0.39 is 0 Å². The molecule has 1 aliphatic carbocycles. The fourth-order valence-electron chi connectivity index (χ4n) is 5.14. The second kappa shape index (κ2) is 7.78. The van der Waals surface area contributed by atoms with Crippen LogP contribution in [0.1, 0.15) is 57.6 Å². The predicted molar refractivity (Wildman–Crippen MR) is 106 cm³/mol. The van der Waals surface area contributed by atoms with Crippen LogP contribution in [0.3, 0.4) is 0 Å². The van der Waals surface area contributed by atoms with Crippen molar-refractivity contribution in [2.75, 3.05) is 20.2 Å². The molecular formula is C20H34N6O. The molecule has 2 N–H and O–H groups in total. The van der Waals surface area contributed by atoms with Gasteiger partial charge in [-0.3, -0.25) is 4.99 Å². The van der Waals surface area contributed by atoms with Crippen molar-refractivity contribution >= 4 is 5.96 Å². The van der Waals surface area contributed by atoms with Gasteiger partial charge in [0.25, 0.3) is 0 Å². The first-order valence-electron chi connectivity index (χ1n) is 10.6. The van der Waals surface area contributed by atoms with Gasteiger partial charge in [0.2, 0.25) is 0 Å². The summed E-state index contributed by atoms with van der Waals surface area (Å²) in [6.45, 7) is 7.45. The Hall–Kier alpha value is -1.63. The van der Waals surface area contributed by atoms with E-state index in [2.05, 4.69) is 44.2 Å². The zero-order valence-electron chi connectivity index (χ0n) is 17.0. The van der Waals surface area contributed by atoms with E-state index in [1.54, 1.807) is 0 Å². The highest BCUT2D eigenvalue weighted by Crippen LogP contribution is 2.52. The van der Waals surface area contributed by atoms with E-state index in [1.165, 1.54) is 25.1 Å². The van der Waals surface area contributed by atoms with E-state index in [4.69, 9.17) is 4.74 Å². The van der Waals surface area contributed by atoms with E-state index in [0.717, 1.165) is 57.2 Å². The smallest absolute Gasteiger partial charge is 0.191 e. The molecule has 2 fully saturated rings. The summed E-state index contributed by atoms with van der Waals surface area (Å²) in [5.74, 6) is 3.83. The Bertz CT molecular complexity index is 682. The molecular weight excluding hydrogens is 340 g/mol. The standard InChI is InChI=1S/C20H34N6O/c1-20(2)17(14-10-13-27-18(14)20)23-19(21-3)22-11-7-9-16-25-24-15-8-5-4-6-12-26(15)16/h14,17-18H,4-13H2,1-3H3,(H2,21,22,23). The Balaban J connectivity index is 1.25. The summed E-state index contributed by atoms with van der Waals surface area (Å²) in [6, 6.07) is 0.434. The van der Waals surface area contributed by atoms with Crippen LogP contribution in [0, 0.1) is 11.3 Å². The van der Waals surface area contributed by atoms with Gasteiger partial charge in [-0.25, -0.2) is 0 Å². The first kappa shape index (κ1) is 18.7. The Morgan fingerprint density at radius 2 is 2.19 bits per heavy atom. The number of guanidine groups is 1. The highest BCUT2D eigenvalue weighted by atomic mass is 16.5. The van der Waals surface area contributed by atoms with Crippen molar-refractivity contribution in [3.05, 3.63) is 11.6 Å². The van der Waals surface area contributed by atoms with E-state index in [-0.39, 0.29) is 5.41 Å². The zero-order valence-corrected chi connectivity index (χ0v) is 17.0. The summed E-state index contributed by atoms with van der Waals surface area (Å²) < 4.78 is 8.24. The molecule has 27 heavy (non-hydrogen) atoms. The summed E-state index contributed by atoms with van der Waals surface area (Å²) in [6.07, 6.45) is 8.41. The van der Waals surface area contributed by atoms with Crippen LogP contribution >= 0.6 is 0 Å². The minimum atomic E-state index is 0.165. The van der Waals surface area contributed by atoms with Gasteiger partial charge in [-0.05, 0) is 25.7 Å². The third-order valence-electron chi connectivity index (χ3n) is 6.67. The molecule has 0 radical (unpaired) electrons. The number of hydrogen-bond acceptors (Lipinski definition) is 4. The number of aromatic nitrogens is 3. The van der Waals surface area contributed by atoms with Crippen molar-refractivity contribution < 1.29 is 4.74 Å². The Morgan fingerprint density at radius 1 is 1.30 bits per heavy atom. The van der Waals surface area contributed by atoms with Crippen LogP contribution in [-0.2, 0) is 24.1 Å². The quantitative estimate of drug-likeness (QED) is 0.468. The number of nitrogens with one attached hydrogen (secondary N) is 2. The molecule has 7 heteroatoms. The topological polar surface area (TPSA) is 76.4 Å². The predicted octanol–water partition coefficient (Wildman–Crippen LogP) is 1.92. The van der Waals surface area contributed by atoms with Crippen molar-refractivity contribution in [3.63, 3.8) is 0 Å². The molecule has 3 heterocycles. The monoisotopic (exact) mass is 374 g/mol. The van der Waals surface area contributed by atoms with Gasteiger partial charge in [-0.15, -0.1) is 10.2 Å². The van der Waals surface area contributed by atoms with E-state index in [0.29, 0.717) is 18.1 Å². The molecule has 3 unspecified atom stereocenters. The van der Waals surface area contributed by atoms with Gasteiger partial charge in [-0.2, -0.15) is 0 Å². The molecule has 3 atom stereocenters. The molecule has 0 amide bonds. The van der Waals surface area contributed by atoms with Crippen molar-refractivity contribution in [1.82, 2.24) is 25.4 Å². The van der Waals surface area contributed by atoms with Crippen LogP contribution in [0.25, 0.3) is 0 Å². The normalized spacial score (nSPS) is 29.4. The first-order valence-corrected chi connectivity index (χ1v) is 10.6. The van der Waals surface area contributed by atoms with Crippen molar-refractivity contribution in [1.29, 1.82) is 0 Å².